The second-order valence-electron chi connectivity index (χ2n) is 4.74. The molecule has 0 fully saturated rings. The van der Waals surface area contributed by atoms with Crippen molar-refractivity contribution in [2.75, 3.05) is 18.9 Å². The van der Waals surface area contributed by atoms with Crippen LogP contribution in [-0.2, 0) is 11.2 Å². The van der Waals surface area contributed by atoms with Crippen molar-refractivity contribution in [3.63, 3.8) is 0 Å². The van der Waals surface area contributed by atoms with Crippen molar-refractivity contribution in [1.82, 2.24) is 10.3 Å². The minimum absolute atomic E-state index is 0. The van der Waals surface area contributed by atoms with Gasteiger partial charge < -0.3 is 10.6 Å². The zero-order chi connectivity index (χ0) is 14.4. The maximum absolute atomic E-state index is 11.9. The van der Waals surface area contributed by atoms with Gasteiger partial charge in [0.2, 0.25) is 5.91 Å². The molecule has 0 aliphatic heterocycles. The van der Waals surface area contributed by atoms with Crippen LogP contribution < -0.4 is 10.6 Å². The van der Waals surface area contributed by atoms with Gasteiger partial charge in [-0.05, 0) is 12.6 Å². The third-order valence-corrected chi connectivity index (χ3v) is 3.88. The summed E-state index contributed by atoms with van der Waals surface area (Å²) in [5.41, 5.74) is 1.25. The number of hydrogen-bond donors (Lipinski definition) is 2. The highest BCUT2D eigenvalue weighted by atomic mass is 35.5. The zero-order valence-electron chi connectivity index (χ0n) is 12.1. The Morgan fingerprint density at radius 3 is 2.71 bits per heavy atom. The lowest BCUT2D eigenvalue weighted by molar-refractivity contribution is -0.119. The molecule has 1 aromatic heterocycles. The Morgan fingerprint density at radius 2 is 2.05 bits per heavy atom. The Balaban J connectivity index is 0.00000220. The number of hydrogen-bond acceptors (Lipinski definition) is 4. The summed E-state index contributed by atoms with van der Waals surface area (Å²) in [7, 11) is 1.84. The third-order valence-electron chi connectivity index (χ3n) is 2.96. The van der Waals surface area contributed by atoms with Crippen LogP contribution in [0.2, 0.25) is 0 Å². The van der Waals surface area contributed by atoms with Crippen LogP contribution >= 0.6 is 23.7 Å². The molecule has 1 heterocycles. The van der Waals surface area contributed by atoms with Gasteiger partial charge in [-0.15, -0.1) is 23.7 Å². The van der Waals surface area contributed by atoms with E-state index in [1.54, 1.807) is 0 Å². The van der Waals surface area contributed by atoms with Crippen LogP contribution in [0.25, 0.3) is 0 Å². The van der Waals surface area contributed by atoms with E-state index >= 15 is 0 Å². The molecule has 0 radical (unpaired) electrons. The molecule has 2 N–H and O–H groups in total. The van der Waals surface area contributed by atoms with Crippen molar-refractivity contribution >= 4 is 34.8 Å². The first kappa shape index (κ1) is 17.6. The monoisotopic (exact) mass is 325 g/mol. The molecule has 0 spiro atoms. The normalized spacial score (nSPS) is 11.5. The molecule has 0 bridgehead atoms. The maximum Gasteiger partial charge on any atom is 0.230 e. The zero-order valence-corrected chi connectivity index (χ0v) is 13.8. The third kappa shape index (κ3) is 5.46. The lowest BCUT2D eigenvalue weighted by Gasteiger charge is -2.09. The van der Waals surface area contributed by atoms with Crippen LogP contribution in [0.5, 0.6) is 0 Å². The molecule has 4 nitrogen and oxygen atoms in total. The summed E-state index contributed by atoms with van der Waals surface area (Å²) in [5.74, 6) is -0.0681. The van der Waals surface area contributed by atoms with Crippen molar-refractivity contribution in [3.8, 4) is 0 Å². The topological polar surface area (TPSA) is 54.0 Å². The summed E-state index contributed by atoms with van der Waals surface area (Å²) in [6, 6.07) is 10.2. The lowest BCUT2D eigenvalue weighted by atomic mass is 10.1. The molecule has 0 aliphatic carbocycles. The van der Waals surface area contributed by atoms with E-state index in [9.17, 15) is 4.79 Å². The Hall–Kier alpha value is -1.43. The molecule has 2 aromatic rings. The minimum Gasteiger partial charge on any atom is -0.319 e. The summed E-state index contributed by atoms with van der Waals surface area (Å²) in [4.78, 5) is 17.3. The fourth-order valence-electron chi connectivity index (χ4n) is 1.87. The average Bonchev–Trinajstić information content (AvgIpc) is 2.87. The summed E-state index contributed by atoms with van der Waals surface area (Å²) in [6.45, 7) is 2.55. The largest absolute Gasteiger partial charge is 0.319 e. The molecule has 21 heavy (non-hydrogen) atoms. The molecular weight excluding hydrogens is 306 g/mol. The second kappa shape index (κ2) is 8.77. The van der Waals surface area contributed by atoms with E-state index in [2.05, 4.69) is 27.8 Å². The second-order valence-corrected chi connectivity index (χ2v) is 5.86. The predicted molar refractivity (Wildman–Crippen MR) is 90.3 cm³/mol. The van der Waals surface area contributed by atoms with Gasteiger partial charge in [0.05, 0.1) is 0 Å². The van der Waals surface area contributed by atoms with Gasteiger partial charge in [0.15, 0.2) is 5.13 Å². The van der Waals surface area contributed by atoms with Crippen LogP contribution in [0.4, 0.5) is 5.13 Å². The highest BCUT2D eigenvalue weighted by Gasteiger charge is 2.13. The molecule has 0 aliphatic rings. The number of thiazole rings is 1. The van der Waals surface area contributed by atoms with E-state index in [1.807, 2.05) is 38.4 Å². The summed E-state index contributed by atoms with van der Waals surface area (Å²) in [6.07, 6.45) is 2.68. The quantitative estimate of drug-likeness (QED) is 0.858. The van der Waals surface area contributed by atoms with Crippen LogP contribution in [0.3, 0.4) is 0 Å². The van der Waals surface area contributed by atoms with Crippen molar-refractivity contribution in [3.05, 3.63) is 47.0 Å². The number of nitrogens with zero attached hydrogens (tertiary/aromatic N) is 1. The van der Waals surface area contributed by atoms with Gasteiger partial charge >= 0.3 is 0 Å². The van der Waals surface area contributed by atoms with Gasteiger partial charge in [-0.2, -0.15) is 0 Å². The minimum atomic E-state index is -0.0681. The predicted octanol–water partition coefficient (Wildman–Crippen LogP) is 2.95. The van der Waals surface area contributed by atoms with Crippen molar-refractivity contribution < 1.29 is 4.79 Å². The van der Waals surface area contributed by atoms with E-state index in [4.69, 9.17) is 0 Å². The number of benzene rings is 1. The van der Waals surface area contributed by atoms with Crippen LogP contribution in [0, 0.1) is 5.92 Å². The molecule has 1 atom stereocenters. The Labute approximate surface area is 135 Å². The first-order chi connectivity index (χ1) is 9.69. The SMILES string of the molecule is CNCC(C)C(=O)Nc1ncc(Cc2ccccc2)s1.Cl. The molecule has 2 rings (SSSR count). The number of rotatable bonds is 6. The molecular formula is C15H20ClN3OS. The van der Waals surface area contributed by atoms with E-state index in [-0.39, 0.29) is 24.2 Å². The van der Waals surface area contributed by atoms with Crippen LogP contribution in [-0.4, -0.2) is 24.5 Å². The first-order valence-corrected chi connectivity index (χ1v) is 7.44. The van der Waals surface area contributed by atoms with Crippen molar-refractivity contribution in [2.45, 2.75) is 13.3 Å². The smallest absolute Gasteiger partial charge is 0.230 e. The molecule has 6 heteroatoms. The number of carbonyl (C=O) groups is 1. The summed E-state index contributed by atoms with van der Waals surface area (Å²) in [5, 5.41) is 6.53. The van der Waals surface area contributed by atoms with Gasteiger partial charge in [0, 0.05) is 30.0 Å². The average molecular weight is 326 g/mol. The number of carbonyl (C=O) groups excluding carboxylic acids is 1. The van der Waals surface area contributed by atoms with Crippen LogP contribution in [0.1, 0.15) is 17.4 Å². The molecule has 1 unspecified atom stereocenters. The summed E-state index contributed by atoms with van der Waals surface area (Å²) >= 11 is 1.53. The van der Waals surface area contributed by atoms with Gasteiger partial charge in [-0.25, -0.2) is 4.98 Å². The fourth-order valence-corrected chi connectivity index (χ4v) is 2.72. The van der Waals surface area contributed by atoms with Crippen LogP contribution in [0.15, 0.2) is 36.5 Å². The number of aromatic nitrogens is 1. The molecule has 114 valence electrons. The standard InChI is InChI=1S/C15H19N3OS.ClH/c1-11(9-16-2)14(19)18-15-17-10-13(20-15)8-12-6-4-3-5-7-12;/h3-7,10-11,16H,8-9H2,1-2H3,(H,17,18,19);1H. The highest BCUT2D eigenvalue weighted by molar-refractivity contribution is 7.15. The molecule has 0 saturated heterocycles. The summed E-state index contributed by atoms with van der Waals surface area (Å²) < 4.78 is 0. The molecule has 1 aromatic carbocycles. The van der Waals surface area contributed by atoms with E-state index in [0.29, 0.717) is 11.7 Å². The van der Waals surface area contributed by atoms with E-state index in [0.717, 1.165) is 11.3 Å². The fraction of sp³-hybridized carbons (Fsp3) is 0.333. The number of amides is 1. The van der Waals surface area contributed by atoms with E-state index < -0.39 is 0 Å². The van der Waals surface area contributed by atoms with Crippen molar-refractivity contribution in [1.29, 1.82) is 0 Å². The number of nitrogens with one attached hydrogen (secondary N) is 2. The number of halogens is 1. The lowest BCUT2D eigenvalue weighted by Crippen LogP contribution is -2.28. The van der Waals surface area contributed by atoms with E-state index in [1.165, 1.54) is 16.9 Å². The number of anilines is 1. The highest BCUT2D eigenvalue weighted by Crippen LogP contribution is 2.21. The van der Waals surface area contributed by atoms with Gasteiger partial charge in [-0.1, -0.05) is 37.3 Å². The van der Waals surface area contributed by atoms with Gasteiger partial charge in [0.1, 0.15) is 0 Å². The maximum atomic E-state index is 11.9. The van der Waals surface area contributed by atoms with Gasteiger partial charge in [0.25, 0.3) is 0 Å². The molecule has 0 saturated carbocycles. The Bertz CT molecular complexity index is 559. The van der Waals surface area contributed by atoms with Gasteiger partial charge in [-0.3, -0.25) is 4.79 Å². The first-order valence-electron chi connectivity index (χ1n) is 6.63. The van der Waals surface area contributed by atoms with Crippen molar-refractivity contribution in [2.24, 2.45) is 5.92 Å². The Morgan fingerprint density at radius 1 is 1.33 bits per heavy atom. The Kier molecular flexibility index (Phi) is 7.36. The molecule has 1 amide bonds.